The van der Waals surface area contributed by atoms with Crippen LogP contribution >= 0.6 is 11.3 Å². The molecule has 2 atom stereocenters. The molecule has 0 saturated carbocycles. The van der Waals surface area contributed by atoms with Gasteiger partial charge in [-0.2, -0.15) is 0 Å². The van der Waals surface area contributed by atoms with Crippen LogP contribution in [0.4, 0.5) is 5.13 Å². The Balaban J connectivity index is 1.70. The van der Waals surface area contributed by atoms with Crippen LogP contribution in [-0.4, -0.2) is 45.6 Å². The monoisotopic (exact) mass is 482 g/mol. The van der Waals surface area contributed by atoms with E-state index >= 15 is 0 Å². The first-order chi connectivity index (χ1) is 14.5. The maximum absolute atomic E-state index is 5.68. The minimum atomic E-state index is 0.133. The van der Waals surface area contributed by atoms with E-state index in [4.69, 9.17) is 14.6 Å². The third-order valence-corrected chi connectivity index (χ3v) is 7.91. The van der Waals surface area contributed by atoms with Crippen molar-refractivity contribution < 1.29 is 9.47 Å². The summed E-state index contributed by atoms with van der Waals surface area (Å²) >= 11 is 3.24. The molecular weight excluding hydrogens is 459 g/mol. The van der Waals surface area contributed by atoms with Gasteiger partial charge >= 0.3 is 189 Å². The standard InChI is InChI=1S/C22H23AsN4O2S/c1-4-20-24-25-22(30-20)27-13(3)8-15-9-18-19(29-11-28-18)10-16(15)21(26-27)14-5-6-17(23)12(2)7-14/h5-7,9-10,13H,4,8,11,23H2,1-3H3/t13-/m1/s1. The van der Waals surface area contributed by atoms with Gasteiger partial charge in [-0.05, 0) is 0 Å². The van der Waals surface area contributed by atoms with E-state index in [9.17, 15) is 0 Å². The first-order valence-corrected chi connectivity index (χ1v) is 12.1. The number of anilines is 1. The summed E-state index contributed by atoms with van der Waals surface area (Å²) in [5.74, 6) is 1.58. The number of ether oxygens (including phenoxy) is 2. The molecule has 0 saturated heterocycles. The SMILES string of the molecule is CCc1nnc(N2N=C(c3ccc([AsH2])c(C)c3)c3cc4c(cc3C[C@H]2C)OCO4)s1. The molecule has 154 valence electrons. The second-order valence-corrected chi connectivity index (χ2v) is 9.96. The summed E-state index contributed by atoms with van der Waals surface area (Å²) in [6.07, 6.45) is 1.70. The zero-order valence-electron chi connectivity index (χ0n) is 17.2. The van der Waals surface area contributed by atoms with E-state index in [2.05, 4.69) is 61.3 Å². The quantitative estimate of drug-likeness (QED) is 0.538. The number of aryl methyl sites for hydroxylation is 2. The van der Waals surface area contributed by atoms with Crippen molar-refractivity contribution in [2.24, 2.45) is 5.10 Å². The van der Waals surface area contributed by atoms with E-state index in [1.165, 1.54) is 15.5 Å². The fourth-order valence-corrected chi connectivity index (χ4v) is 5.00. The van der Waals surface area contributed by atoms with Crippen LogP contribution in [0.15, 0.2) is 35.4 Å². The number of hydrogen-bond acceptors (Lipinski definition) is 7. The van der Waals surface area contributed by atoms with Crippen molar-refractivity contribution in [3.05, 3.63) is 57.6 Å². The first kappa shape index (κ1) is 19.6. The number of hydrogen-bond donors (Lipinski definition) is 0. The average Bonchev–Trinajstić information content (AvgIpc) is 3.36. The maximum atomic E-state index is 5.68. The Morgan fingerprint density at radius 1 is 1.17 bits per heavy atom. The molecule has 0 N–H and O–H groups in total. The molecule has 0 amide bonds. The Morgan fingerprint density at radius 3 is 2.70 bits per heavy atom. The fourth-order valence-electron chi connectivity index (χ4n) is 3.79. The van der Waals surface area contributed by atoms with Crippen LogP contribution in [0.5, 0.6) is 11.5 Å². The van der Waals surface area contributed by atoms with Crippen molar-refractivity contribution in [3.63, 3.8) is 0 Å². The molecule has 0 bridgehead atoms. The Morgan fingerprint density at radius 2 is 1.97 bits per heavy atom. The van der Waals surface area contributed by atoms with Crippen LogP contribution in [0.2, 0.25) is 0 Å². The third-order valence-electron chi connectivity index (χ3n) is 5.49. The van der Waals surface area contributed by atoms with Gasteiger partial charge in [-0.15, -0.1) is 0 Å². The summed E-state index contributed by atoms with van der Waals surface area (Å²) in [5, 5.41) is 17.8. The summed E-state index contributed by atoms with van der Waals surface area (Å²) in [6, 6.07) is 10.9. The molecule has 0 fully saturated rings. The number of aromatic nitrogens is 2. The summed E-state index contributed by atoms with van der Waals surface area (Å²) in [6.45, 7) is 6.69. The Bertz CT molecular complexity index is 1160. The van der Waals surface area contributed by atoms with Gasteiger partial charge in [0.1, 0.15) is 0 Å². The van der Waals surface area contributed by atoms with Gasteiger partial charge in [-0.25, -0.2) is 0 Å². The van der Waals surface area contributed by atoms with Crippen LogP contribution < -0.4 is 18.8 Å². The summed E-state index contributed by atoms with van der Waals surface area (Å²) < 4.78 is 12.7. The second-order valence-electron chi connectivity index (χ2n) is 7.61. The molecule has 3 aromatic rings. The Labute approximate surface area is 188 Å². The van der Waals surface area contributed by atoms with Gasteiger partial charge in [0, 0.05) is 0 Å². The summed E-state index contributed by atoms with van der Waals surface area (Å²) in [4.78, 5) is 0. The molecule has 2 aromatic carbocycles. The molecule has 3 heterocycles. The van der Waals surface area contributed by atoms with E-state index in [-0.39, 0.29) is 12.8 Å². The van der Waals surface area contributed by atoms with Crippen molar-refractivity contribution in [1.29, 1.82) is 0 Å². The number of nitrogens with zero attached hydrogens (tertiary/aromatic N) is 4. The second kappa shape index (κ2) is 7.71. The molecule has 1 aromatic heterocycles. The number of hydrazone groups is 1. The van der Waals surface area contributed by atoms with Gasteiger partial charge in [0.05, 0.1) is 0 Å². The third kappa shape index (κ3) is 3.40. The molecule has 0 radical (unpaired) electrons. The van der Waals surface area contributed by atoms with Crippen molar-refractivity contribution >= 4 is 43.4 Å². The van der Waals surface area contributed by atoms with Gasteiger partial charge in [0.15, 0.2) is 0 Å². The van der Waals surface area contributed by atoms with Gasteiger partial charge < -0.3 is 0 Å². The van der Waals surface area contributed by atoms with Gasteiger partial charge in [-0.1, -0.05) is 0 Å². The van der Waals surface area contributed by atoms with Crippen molar-refractivity contribution in [1.82, 2.24) is 10.2 Å². The van der Waals surface area contributed by atoms with E-state index in [1.54, 1.807) is 28.2 Å². The minimum absolute atomic E-state index is 0.133. The van der Waals surface area contributed by atoms with Crippen molar-refractivity contribution in [2.45, 2.75) is 39.7 Å². The number of benzene rings is 2. The predicted molar refractivity (Wildman–Crippen MR) is 122 cm³/mol. The van der Waals surface area contributed by atoms with Gasteiger partial charge in [0.2, 0.25) is 0 Å². The fraction of sp³-hybridized carbons (Fsp3) is 0.318. The van der Waals surface area contributed by atoms with Crippen molar-refractivity contribution in [2.75, 3.05) is 11.8 Å². The zero-order valence-corrected chi connectivity index (χ0v) is 20.4. The van der Waals surface area contributed by atoms with Crippen LogP contribution in [0.3, 0.4) is 0 Å². The number of fused-ring (bicyclic) bond motifs is 2. The van der Waals surface area contributed by atoms with Crippen LogP contribution in [-0.2, 0) is 12.8 Å². The molecule has 2 aliphatic heterocycles. The van der Waals surface area contributed by atoms with Crippen molar-refractivity contribution in [3.8, 4) is 11.5 Å². The number of rotatable bonds is 3. The first-order valence-electron chi connectivity index (χ1n) is 10.0. The predicted octanol–water partition coefficient (Wildman–Crippen LogP) is 2.60. The molecule has 8 heteroatoms. The van der Waals surface area contributed by atoms with Gasteiger partial charge in [-0.3, -0.25) is 0 Å². The summed E-state index contributed by atoms with van der Waals surface area (Å²) in [7, 11) is 0. The molecule has 0 spiro atoms. The molecule has 5 rings (SSSR count). The molecular formula is C22H23AsN4O2S. The van der Waals surface area contributed by atoms with Gasteiger partial charge in [0.25, 0.3) is 0 Å². The van der Waals surface area contributed by atoms with E-state index in [0.717, 1.165) is 51.3 Å². The Kier molecular flexibility index (Phi) is 5.03. The zero-order chi connectivity index (χ0) is 20.8. The summed E-state index contributed by atoms with van der Waals surface area (Å²) in [5.41, 5.74) is 5.58. The van der Waals surface area contributed by atoms with E-state index in [1.807, 2.05) is 5.01 Å². The van der Waals surface area contributed by atoms with E-state index < -0.39 is 0 Å². The average molecular weight is 482 g/mol. The van der Waals surface area contributed by atoms with Crippen LogP contribution in [0.1, 0.15) is 41.1 Å². The molecule has 1 unspecified atom stereocenters. The molecule has 2 aliphatic rings. The topological polar surface area (TPSA) is 59.8 Å². The van der Waals surface area contributed by atoms with E-state index in [0.29, 0.717) is 0 Å². The molecule has 6 nitrogen and oxygen atoms in total. The molecule has 30 heavy (non-hydrogen) atoms. The van der Waals surface area contributed by atoms with Crippen LogP contribution in [0.25, 0.3) is 0 Å². The Hall–Kier alpha value is -2.37. The molecule has 0 aliphatic carbocycles. The normalized spacial score (nSPS) is 17.5. The van der Waals surface area contributed by atoms with Crippen LogP contribution in [0, 0.1) is 6.92 Å².